The van der Waals surface area contributed by atoms with Gasteiger partial charge in [0, 0.05) is 12.1 Å². The molecule has 28 heavy (non-hydrogen) atoms. The molecule has 0 heterocycles. The third-order valence-electron chi connectivity index (χ3n) is 6.79. The second-order valence-corrected chi connectivity index (χ2v) is 9.49. The van der Waals surface area contributed by atoms with Crippen LogP contribution in [0, 0.1) is 17.8 Å². The largest absolute Gasteiger partial charge is 0.458 e. The quantitative estimate of drug-likeness (QED) is 0.350. The van der Waals surface area contributed by atoms with E-state index < -0.39 is 11.8 Å². The van der Waals surface area contributed by atoms with Crippen LogP contribution >= 0.6 is 0 Å². The highest BCUT2D eigenvalue weighted by atomic mass is 19.1. The van der Waals surface area contributed by atoms with Crippen LogP contribution < -0.4 is 5.73 Å². The first kappa shape index (κ1) is 21.1. The van der Waals surface area contributed by atoms with E-state index in [1.165, 1.54) is 25.3 Å². The third-order valence-corrected chi connectivity index (χ3v) is 6.79. The Balaban J connectivity index is 1.44. The summed E-state index contributed by atoms with van der Waals surface area (Å²) < 4.78 is 18.5. The number of primary amides is 1. The molecule has 6 heteroatoms. The van der Waals surface area contributed by atoms with Crippen molar-refractivity contribution in [3.8, 4) is 0 Å². The molecule has 0 radical (unpaired) electrons. The number of nitrogens with two attached hydrogens (primary N) is 1. The lowest BCUT2D eigenvalue weighted by Crippen LogP contribution is -2.62. The minimum atomic E-state index is -0.892. The first-order chi connectivity index (χ1) is 13.3. The van der Waals surface area contributed by atoms with Gasteiger partial charge in [0.05, 0.1) is 6.10 Å². The number of allylic oxidation sites excluding steroid dienone is 1. The number of rotatable bonds is 9. The number of urea groups is 1. The molecule has 2 N–H and O–H groups in total. The van der Waals surface area contributed by atoms with Crippen LogP contribution in [0.5, 0.6) is 0 Å². The standard InChI is InChI=1S/C22H35FN2O3/c1-15(2)28-20(26)19(23)7-5-3-4-6-8-25(21(24)27)22-12-16-9-17(13-22)11-18(10-16)14-22/h7,15-18H,3-6,8-14H2,1-2H3,(H2,24,27). The zero-order valence-electron chi connectivity index (χ0n) is 17.3. The molecule has 4 saturated carbocycles. The summed E-state index contributed by atoms with van der Waals surface area (Å²) in [6.07, 6.45) is 11.3. The number of carbonyl (C=O) groups is 2. The van der Waals surface area contributed by atoms with Gasteiger partial charge in [0.25, 0.3) is 0 Å². The Kier molecular flexibility index (Phi) is 6.66. The van der Waals surface area contributed by atoms with Gasteiger partial charge in [0.1, 0.15) is 0 Å². The van der Waals surface area contributed by atoms with Crippen LogP contribution in [0.1, 0.15) is 78.1 Å². The second kappa shape index (κ2) is 8.83. The van der Waals surface area contributed by atoms with Crippen LogP contribution in [0.25, 0.3) is 0 Å². The summed E-state index contributed by atoms with van der Waals surface area (Å²) in [5.74, 6) is 0.600. The van der Waals surface area contributed by atoms with E-state index in [0.29, 0.717) is 13.0 Å². The minimum absolute atomic E-state index is 0.00675. The van der Waals surface area contributed by atoms with E-state index in [0.717, 1.165) is 56.3 Å². The molecule has 4 aliphatic rings. The molecular weight excluding hydrogens is 359 g/mol. The van der Waals surface area contributed by atoms with Crippen LogP contribution in [0.2, 0.25) is 0 Å². The molecule has 0 aromatic heterocycles. The molecule has 0 aromatic carbocycles. The summed E-state index contributed by atoms with van der Waals surface area (Å²) in [5.41, 5.74) is 5.78. The van der Waals surface area contributed by atoms with Crippen LogP contribution in [-0.2, 0) is 9.53 Å². The number of halogens is 1. The monoisotopic (exact) mass is 394 g/mol. The van der Waals surface area contributed by atoms with Gasteiger partial charge in [-0.1, -0.05) is 6.42 Å². The van der Waals surface area contributed by atoms with Gasteiger partial charge >= 0.3 is 12.0 Å². The van der Waals surface area contributed by atoms with Crippen molar-refractivity contribution in [2.45, 2.75) is 89.7 Å². The molecule has 4 rings (SSSR count). The van der Waals surface area contributed by atoms with E-state index in [-0.39, 0.29) is 17.7 Å². The number of carbonyl (C=O) groups excluding carboxylic acids is 2. The van der Waals surface area contributed by atoms with E-state index in [4.69, 9.17) is 10.5 Å². The Morgan fingerprint density at radius 1 is 1.11 bits per heavy atom. The molecule has 4 bridgehead atoms. The topological polar surface area (TPSA) is 72.6 Å². The first-order valence-corrected chi connectivity index (χ1v) is 10.9. The Hall–Kier alpha value is -1.59. The summed E-state index contributed by atoms with van der Waals surface area (Å²) >= 11 is 0. The molecule has 0 aromatic rings. The highest BCUT2D eigenvalue weighted by molar-refractivity contribution is 5.85. The van der Waals surface area contributed by atoms with E-state index in [1.807, 2.05) is 4.90 Å². The molecule has 4 aliphatic carbocycles. The molecule has 0 aliphatic heterocycles. The van der Waals surface area contributed by atoms with Gasteiger partial charge in [-0.05, 0) is 95.5 Å². The third kappa shape index (κ3) is 4.87. The van der Waals surface area contributed by atoms with Gasteiger partial charge in [-0.15, -0.1) is 0 Å². The number of nitrogens with zero attached hydrogens (tertiary/aromatic N) is 1. The molecule has 2 amide bonds. The van der Waals surface area contributed by atoms with Gasteiger partial charge in [0.15, 0.2) is 0 Å². The van der Waals surface area contributed by atoms with Gasteiger partial charge in [-0.2, -0.15) is 4.39 Å². The Labute approximate surface area is 167 Å². The van der Waals surface area contributed by atoms with Crippen molar-refractivity contribution >= 4 is 12.0 Å². The van der Waals surface area contributed by atoms with Crippen molar-refractivity contribution in [2.24, 2.45) is 23.5 Å². The molecule has 5 nitrogen and oxygen atoms in total. The lowest BCUT2D eigenvalue weighted by molar-refractivity contribution is -0.144. The normalized spacial score (nSPS) is 31.3. The molecule has 0 spiro atoms. The fourth-order valence-corrected chi connectivity index (χ4v) is 6.15. The second-order valence-electron chi connectivity index (χ2n) is 9.49. The Morgan fingerprint density at radius 2 is 1.68 bits per heavy atom. The molecule has 0 saturated heterocycles. The van der Waals surface area contributed by atoms with Crippen molar-refractivity contribution in [3.05, 3.63) is 11.9 Å². The summed E-state index contributed by atoms with van der Waals surface area (Å²) in [5, 5.41) is 0. The molecule has 158 valence electrons. The van der Waals surface area contributed by atoms with Crippen LogP contribution in [0.15, 0.2) is 11.9 Å². The average Bonchev–Trinajstić information content (AvgIpc) is 2.58. The van der Waals surface area contributed by atoms with Crippen molar-refractivity contribution in [1.82, 2.24) is 4.90 Å². The summed E-state index contributed by atoms with van der Waals surface area (Å²) in [7, 11) is 0. The van der Waals surface area contributed by atoms with E-state index in [1.54, 1.807) is 13.8 Å². The average molecular weight is 395 g/mol. The van der Waals surface area contributed by atoms with Crippen LogP contribution in [-0.4, -0.2) is 35.1 Å². The summed E-state index contributed by atoms with van der Waals surface area (Å²) in [6, 6.07) is -0.288. The maximum atomic E-state index is 13.6. The number of amides is 2. The van der Waals surface area contributed by atoms with Crippen LogP contribution in [0.3, 0.4) is 0 Å². The SMILES string of the molecule is CC(C)OC(=O)C(F)=CCCCCCN(C(N)=O)C12CC3CC(CC(C3)C1)C2. The smallest absolute Gasteiger partial charge is 0.367 e. The van der Waals surface area contributed by atoms with Crippen molar-refractivity contribution in [2.75, 3.05) is 6.54 Å². The number of hydrogen-bond acceptors (Lipinski definition) is 3. The zero-order valence-corrected chi connectivity index (χ0v) is 17.3. The number of unbranched alkanes of at least 4 members (excludes halogenated alkanes) is 3. The molecule has 4 fully saturated rings. The maximum absolute atomic E-state index is 13.6. The van der Waals surface area contributed by atoms with Crippen LogP contribution in [0.4, 0.5) is 9.18 Å². The molecular formula is C22H35FN2O3. The first-order valence-electron chi connectivity index (χ1n) is 10.9. The minimum Gasteiger partial charge on any atom is -0.458 e. The number of esters is 1. The van der Waals surface area contributed by atoms with Gasteiger partial charge in [0.2, 0.25) is 5.83 Å². The highest BCUT2D eigenvalue weighted by Gasteiger charge is 2.54. The van der Waals surface area contributed by atoms with E-state index in [2.05, 4.69) is 0 Å². The van der Waals surface area contributed by atoms with Gasteiger partial charge < -0.3 is 15.4 Å². The number of hydrogen-bond donors (Lipinski definition) is 1. The highest BCUT2D eigenvalue weighted by Crippen LogP contribution is 2.57. The zero-order chi connectivity index (χ0) is 20.3. The van der Waals surface area contributed by atoms with Crippen molar-refractivity contribution < 1.29 is 18.7 Å². The lowest BCUT2D eigenvalue weighted by atomic mass is 9.52. The molecule has 0 unspecified atom stereocenters. The maximum Gasteiger partial charge on any atom is 0.367 e. The van der Waals surface area contributed by atoms with Gasteiger partial charge in [-0.25, -0.2) is 9.59 Å². The summed E-state index contributed by atoms with van der Waals surface area (Å²) in [4.78, 5) is 25.6. The summed E-state index contributed by atoms with van der Waals surface area (Å²) in [6.45, 7) is 4.07. The van der Waals surface area contributed by atoms with E-state index >= 15 is 0 Å². The van der Waals surface area contributed by atoms with Crippen molar-refractivity contribution in [3.63, 3.8) is 0 Å². The van der Waals surface area contributed by atoms with Gasteiger partial charge in [-0.3, -0.25) is 0 Å². The number of ether oxygens (including phenoxy) is 1. The van der Waals surface area contributed by atoms with E-state index in [9.17, 15) is 14.0 Å². The van der Waals surface area contributed by atoms with Crippen molar-refractivity contribution in [1.29, 1.82) is 0 Å². The predicted molar refractivity (Wildman–Crippen MR) is 106 cm³/mol. The fraction of sp³-hybridized carbons (Fsp3) is 0.818. The predicted octanol–water partition coefficient (Wildman–Crippen LogP) is 4.70. The molecule has 0 atom stereocenters. The Morgan fingerprint density at radius 3 is 2.18 bits per heavy atom. The lowest BCUT2D eigenvalue weighted by Gasteiger charge is -2.60. The fourth-order valence-electron chi connectivity index (χ4n) is 6.15. The Bertz CT molecular complexity index is 582.